The van der Waals surface area contributed by atoms with Gasteiger partial charge < -0.3 is 19.8 Å². The molecule has 2 aromatic carbocycles. The second-order valence-corrected chi connectivity index (χ2v) is 17.3. The van der Waals surface area contributed by atoms with Crippen molar-refractivity contribution >= 4 is 24.8 Å². The van der Waals surface area contributed by atoms with Gasteiger partial charge in [0.05, 0.1) is 11.1 Å². The zero-order valence-electron chi connectivity index (χ0n) is 23.4. The number of rotatable bonds is 10. The van der Waals surface area contributed by atoms with Gasteiger partial charge in [-0.25, -0.2) is 18.7 Å². The molecule has 10 heteroatoms. The third-order valence-corrected chi connectivity index (χ3v) is 8.89. The summed E-state index contributed by atoms with van der Waals surface area (Å²) in [6.07, 6.45) is 1.34. The van der Waals surface area contributed by atoms with Gasteiger partial charge in [-0.2, -0.15) is 0 Å². The summed E-state index contributed by atoms with van der Waals surface area (Å²) in [7, 11) is -1.24. The minimum absolute atomic E-state index is 0.0795. The Morgan fingerprint density at radius 2 is 1.75 bits per heavy atom. The Hall–Kier alpha value is -3.34. The highest BCUT2D eigenvalue weighted by Crippen LogP contribution is 2.34. The fraction of sp³-hybridized carbons (Fsp3) is 0.400. The van der Waals surface area contributed by atoms with Crippen molar-refractivity contribution in [1.29, 1.82) is 0 Å². The molecule has 0 unspecified atom stereocenters. The second kappa shape index (κ2) is 11.6. The van der Waals surface area contributed by atoms with E-state index in [0.29, 0.717) is 50.3 Å². The van der Waals surface area contributed by atoms with Crippen LogP contribution < -0.4 is 10.5 Å². The van der Waals surface area contributed by atoms with Crippen molar-refractivity contribution in [2.75, 3.05) is 25.4 Å². The van der Waals surface area contributed by atoms with Gasteiger partial charge in [0, 0.05) is 58.9 Å². The SMILES string of the molecule is C[Si](C)(C)CCOCn1c(-c2ccc(CN3CCC(F)(F)CC3)cc2)cc2c(Oc3cccc(N)c3)ncnc21. The van der Waals surface area contributed by atoms with Gasteiger partial charge in [0.2, 0.25) is 5.88 Å². The van der Waals surface area contributed by atoms with Crippen LogP contribution >= 0.6 is 0 Å². The first-order valence-corrected chi connectivity index (χ1v) is 17.4. The van der Waals surface area contributed by atoms with E-state index in [4.69, 9.17) is 15.2 Å². The summed E-state index contributed by atoms with van der Waals surface area (Å²) in [5, 5.41) is 0.770. The van der Waals surface area contributed by atoms with Gasteiger partial charge in [-0.05, 0) is 35.4 Å². The lowest BCUT2D eigenvalue weighted by Crippen LogP contribution is -2.38. The molecule has 0 spiro atoms. The quantitative estimate of drug-likeness (QED) is 0.127. The molecule has 0 radical (unpaired) electrons. The van der Waals surface area contributed by atoms with E-state index >= 15 is 0 Å². The lowest BCUT2D eigenvalue weighted by Gasteiger charge is -2.31. The monoisotopic (exact) mass is 565 g/mol. The molecular weight excluding hydrogens is 528 g/mol. The number of hydrogen-bond donors (Lipinski definition) is 1. The molecule has 7 nitrogen and oxygen atoms in total. The van der Waals surface area contributed by atoms with Crippen LogP contribution in [0.15, 0.2) is 60.9 Å². The number of alkyl halides is 2. The van der Waals surface area contributed by atoms with E-state index in [2.05, 4.69) is 63.3 Å². The summed E-state index contributed by atoms with van der Waals surface area (Å²) in [5.41, 5.74) is 10.3. The maximum atomic E-state index is 13.6. The molecule has 0 aliphatic carbocycles. The van der Waals surface area contributed by atoms with Gasteiger partial charge in [0.1, 0.15) is 24.5 Å². The molecule has 5 rings (SSSR count). The maximum Gasteiger partial charge on any atom is 0.250 e. The predicted molar refractivity (Wildman–Crippen MR) is 157 cm³/mol. The van der Waals surface area contributed by atoms with Gasteiger partial charge in [-0.1, -0.05) is 50.0 Å². The van der Waals surface area contributed by atoms with Crippen LogP contribution in [0.4, 0.5) is 14.5 Å². The smallest absolute Gasteiger partial charge is 0.250 e. The van der Waals surface area contributed by atoms with E-state index in [9.17, 15) is 8.78 Å². The zero-order valence-corrected chi connectivity index (χ0v) is 24.4. The van der Waals surface area contributed by atoms with Crippen LogP contribution in [-0.2, 0) is 18.0 Å². The lowest BCUT2D eigenvalue weighted by molar-refractivity contribution is -0.0566. The van der Waals surface area contributed by atoms with Gasteiger partial charge >= 0.3 is 0 Å². The van der Waals surface area contributed by atoms with E-state index in [0.717, 1.165) is 33.9 Å². The van der Waals surface area contributed by atoms with E-state index in [1.54, 1.807) is 12.1 Å². The van der Waals surface area contributed by atoms with Crippen molar-refractivity contribution in [3.8, 4) is 22.9 Å². The lowest BCUT2D eigenvalue weighted by atomic mass is 10.0. The molecule has 0 saturated carbocycles. The summed E-state index contributed by atoms with van der Waals surface area (Å²) >= 11 is 0. The van der Waals surface area contributed by atoms with E-state index in [1.807, 2.05) is 18.2 Å². The van der Waals surface area contributed by atoms with Gasteiger partial charge in [0.25, 0.3) is 5.92 Å². The van der Waals surface area contributed by atoms with Crippen LogP contribution in [-0.4, -0.2) is 53.1 Å². The largest absolute Gasteiger partial charge is 0.438 e. The number of likely N-dealkylation sites (tertiary alicyclic amines) is 1. The van der Waals surface area contributed by atoms with Crippen molar-refractivity contribution in [2.45, 2.75) is 57.7 Å². The third-order valence-electron chi connectivity index (χ3n) is 7.19. The molecule has 0 amide bonds. The van der Waals surface area contributed by atoms with Crippen LogP contribution in [0, 0.1) is 0 Å². The standard InChI is InChI=1S/C30H37F2N5O2Si/c1-40(2,3)16-15-38-21-37-27(23-9-7-22(8-10-23)19-36-13-11-30(31,32)12-14-36)18-26-28(37)34-20-35-29(26)39-25-6-4-5-24(33)17-25/h4-10,17-18,20H,11-16,19,21,33H2,1-3H3. The van der Waals surface area contributed by atoms with E-state index < -0.39 is 14.0 Å². The highest BCUT2D eigenvalue weighted by molar-refractivity contribution is 6.76. The molecule has 1 aliphatic heterocycles. The number of halogens is 2. The molecule has 3 heterocycles. The predicted octanol–water partition coefficient (Wildman–Crippen LogP) is 7.02. The number of hydrogen-bond acceptors (Lipinski definition) is 6. The molecule has 4 aromatic rings. The molecular formula is C30H37F2N5O2Si. The Morgan fingerprint density at radius 1 is 1.00 bits per heavy atom. The Labute approximate surface area is 234 Å². The average molecular weight is 566 g/mol. The maximum absolute atomic E-state index is 13.6. The molecule has 0 atom stereocenters. The number of nitrogens with two attached hydrogens (primary N) is 1. The fourth-order valence-electron chi connectivity index (χ4n) is 4.79. The first kappa shape index (κ1) is 28.2. The average Bonchev–Trinajstić information content (AvgIpc) is 3.27. The summed E-state index contributed by atoms with van der Waals surface area (Å²) in [6, 6.07) is 18.6. The Morgan fingerprint density at radius 3 is 2.45 bits per heavy atom. The number of fused-ring (bicyclic) bond motifs is 1. The minimum Gasteiger partial charge on any atom is -0.438 e. The molecule has 40 heavy (non-hydrogen) atoms. The first-order valence-electron chi connectivity index (χ1n) is 13.7. The van der Waals surface area contributed by atoms with E-state index in [1.165, 1.54) is 6.33 Å². The minimum atomic E-state index is -2.54. The van der Waals surface area contributed by atoms with Crippen molar-refractivity contribution in [3.05, 3.63) is 66.5 Å². The van der Waals surface area contributed by atoms with Crippen LogP contribution in [0.25, 0.3) is 22.3 Å². The number of aromatic nitrogens is 3. The van der Waals surface area contributed by atoms with E-state index in [-0.39, 0.29) is 12.8 Å². The van der Waals surface area contributed by atoms with Crippen LogP contribution in [0.5, 0.6) is 11.6 Å². The first-order chi connectivity index (χ1) is 19.1. The molecule has 1 aliphatic rings. The van der Waals surface area contributed by atoms with Crippen molar-refractivity contribution in [3.63, 3.8) is 0 Å². The zero-order chi connectivity index (χ0) is 28.3. The highest BCUT2D eigenvalue weighted by atomic mass is 28.3. The number of anilines is 1. The van der Waals surface area contributed by atoms with Gasteiger partial charge in [-0.15, -0.1) is 0 Å². The molecule has 1 saturated heterocycles. The van der Waals surface area contributed by atoms with Crippen molar-refractivity contribution in [1.82, 2.24) is 19.4 Å². The Balaban J connectivity index is 1.42. The molecule has 0 bridgehead atoms. The summed E-state index contributed by atoms with van der Waals surface area (Å²) in [5.74, 6) is -1.50. The number of benzene rings is 2. The Kier molecular flexibility index (Phi) is 8.20. The van der Waals surface area contributed by atoms with Crippen molar-refractivity contribution in [2.24, 2.45) is 0 Å². The number of ether oxygens (including phenoxy) is 2. The number of nitrogen functional groups attached to an aromatic ring is 1. The van der Waals surface area contributed by atoms with Gasteiger partial charge in [-0.3, -0.25) is 4.90 Å². The number of nitrogens with zero attached hydrogens (tertiary/aromatic N) is 4. The summed E-state index contributed by atoms with van der Waals surface area (Å²) in [4.78, 5) is 11.1. The molecule has 1 fully saturated rings. The summed E-state index contributed by atoms with van der Waals surface area (Å²) < 4.78 is 41.4. The molecule has 212 valence electrons. The normalized spacial score (nSPS) is 15.9. The van der Waals surface area contributed by atoms with Crippen LogP contribution in [0.2, 0.25) is 25.7 Å². The summed E-state index contributed by atoms with van der Waals surface area (Å²) in [6.45, 7) is 9.49. The fourth-order valence-corrected chi connectivity index (χ4v) is 5.55. The van der Waals surface area contributed by atoms with Crippen LogP contribution in [0.3, 0.4) is 0 Å². The number of piperidine rings is 1. The molecule has 2 N–H and O–H groups in total. The molecule has 2 aromatic heterocycles. The Bertz CT molecular complexity index is 1440. The third kappa shape index (κ3) is 7.04. The van der Waals surface area contributed by atoms with Crippen LogP contribution in [0.1, 0.15) is 18.4 Å². The van der Waals surface area contributed by atoms with Gasteiger partial charge in [0.15, 0.2) is 0 Å². The second-order valence-electron chi connectivity index (χ2n) is 11.7. The topological polar surface area (TPSA) is 78.4 Å². The highest BCUT2D eigenvalue weighted by Gasteiger charge is 2.33. The van der Waals surface area contributed by atoms with Crippen molar-refractivity contribution < 1.29 is 18.3 Å².